The number of aryl methyl sites for hydroxylation is 2. The Morgan fingerprint density at radius 2 is 1.80 bits per heavy atom. The lowest BCUT2D eigenvalue weighted by atomic mass is 10.0. The first-order valence-electron chi connectivity index (χ1n) is 9.45. The summed E-state index contributed by atoms with van der Waals surface area (Å²) in [5.74, 6) is 0.600. The van der Waals surface area contributed by atoms with Crippen LogP contribution < -0.4 is 10.2 Å². The van der Waals surface area contributed by atoms with Crippen LogP contribution in [-0.4, -0.2) is 12.1 Å². The van der Waals surface area contributed by atoms with E-state index in [2.05, 4.69) is 42.4 Å². The second-order valence-electron chi connectivity index (χ2n) is 7.00. The van der Waals surface area contributed by atoms with E-state index >= 15 is 0 Å². The molecule has 0 aromatic heterocycles. The van der Waals surface area contributed by atoms with Crippen LogP contribution in [0.1, 0.15) is 27.8 Å². The molecule has 0 unspecified atom stereocenters. The van der Waals surface area contributed by atoms with E-state index in [1.54, 1.807) is 6.21 Å². The number of halogens is 2. The molecule has 0 radical (unpaired) electrons. The first-order chi connectivity index (χ1) is 14.4. The number of hydrazone groups is 1. The first-order valence-corrected chi connectivity index (χ1v) is 11.0. The van der Waals surface area contributed by atoms with E-state index in [9.17, 15) is 4.79 Å². The van der Waals surface area contributed by atoms with Crippen molar-refractivity contribution in [2.24, 2.45) is 5.10 Å². The number of benzene rings is 3. The number of ether oxygens (including phenoxy) is 1. The summed E-state index contributed by atoms with van der Waals surface area (Å²) in [4.78, 5) is 12.2. The normalized spacial score (nSPS) is 10.9. The molecule has 154 valence electrons. The molecule has 1 amide bonds. The number of amides is 1. The predicted molar refractivity (Wildman–Crippen MR) is 128 cm³/mol. The molecule has 0 spiro atoms. The van der Waals surface area contributed by atoms with E-state index in [0.717, 1.165) is 42.5 Å². The van der Waals surface area contributed by atoms with Crippen LogP contribution in [-0.2, 0) is 17.8 Å². The van der Waals surface area contributed by atoms with Gasteiger partial charge in [0.1, 0.15) is 12.4 Å². The Kier molecular flexibility index (Phi) is 7.82. The Morgan fingerprint density at radius 1 is 1.03 bits per heavy atom. The van der Waals surface area contributed by atoms with Gasteiger partial charge in [-0.25, -0.2) is 5.43 Å². The van der Waals surface area contributed by atoms with Crippen LogP contribution in [0.3, 0.4) is 0 Å². The zero-order valence-electron chi connectivity index (χ0n) is 16.8. The van der Waals surface area contributed by atoms with Gasteiger partial charge in [0, 0.05) is 4.47 Å². The third-order valence-electron chi connectivity index (χ3n) is 4.52. The summed E-state index contributed by atoms with van der Waals surface area (Å²) in [5.41, 5.74) is 7.78. The first kappa shape index (κ1) is 22.2. The Morgan fingerprint density at radius 3 is 2.53 bits per heavy atom. The number of nitrogens with one attached hydrogen (secondary N) is 1. The molecular weight excluding hydrogens is 508 g/mol. The molecule has 0 heterocycles. The van der Waals surface area contributed by atoms with Crippen molar-refractivity contribution >= 4 is 44.0 Å². The van der Waals surface area contributed by atoms with Crippen molar-refractivity contribution in [3.8, 4) is 5.75 Å². The van der Waals surface area contributed by atoms with Crippen molar-refractivity contribution in [1.29, 1.82) is 0 Å². The van der Waals surface area contributed by atoms with Crippen molar-refractivity contribution in [2.45, 2.75) is 26.9 Å². The van der Waals surface area contributed by atoms with Crippen molar-refractivity contribution in [1.82, 2.24) is 5.43 Å². The van der Waals surface area contributed by atoms with Crippen LogP contribution in [0.5, 0.6) is 5.75 Å². The van der Waals surface area contributed by atoms with Crippen LogP contribution in [0.15, 0.2) is 74.7 Å². The van der Waals surface area contributed by atoms with Gasteiger partial charge in [0.15, 0.2) is 0 Å². The highest BCUT2D eigenvalue weighted by Gasteiger charge is 2.06. The summed E-state index contributed by atoms with van der Waals surface area (Å²) < 4.78 is 7.73. The molecule has 0 aliphatic rings. The standard InChI is InChI=1S/C24H22Br2N2O2/c1-16-3-4-17(2)20(11-16)13-24(29)28-27-14-19-7-10-23(22(26)12-19)30-15-18-5-8-21(25)9-6-18/h3-12,14H,13,15H2,1-2H3,(H,28,29)/b27-14+. The smallest absolute Gasteiger partial charge is 0.244 e. The molecular formula is C24H22Br2N2O2. The average Bonchev–Trinajstić information content (AvgIpc) is 2.71. The molecule has 3 aromatic carbocycles. The maximum absolute atomic E-state index is 12.2. The molecule has 6 heteroatoms. The Balaban J connectivity index is 1.54. The summed E-state index contributed by atoms with van der Waals surface area (Å²) in [5, 5.41) is 4.07. The highest BCUT2D eigenvalue weighted by Crippen LogP contribution is 2.26. The maximum Gasteiger partial charge on any atom is 0.244 e. The predicted octanol–water partition coefficient (Wildman–Crippen LogP) is 6.10. The molecule has 3 aromatic rings. The minimum absolute atomic E-state index is 0.145. The van der Waals surface area contributed by atoms with Crippen molar-refractivity contribution < 1.29 is 9.53 Å². The van der Waals surface area contributed by atoms with Crippen LogP contribution >= 0.6 is 31.9 Å². The monoisotopic (exact) mass is 528 g/mol. The molecule has 0 fully saturated rings. The van der Waals surface area contributed by atoms with Gasteiger partial charge in [0.2, 0.25) is 5.91 Å². The van der Waals surface area contributed by atoms with Gasteiger partial charge < -0.3 is 4.74 Å². The SMILES string of the molecule is Cc1ccc(C)c(CC(=O)N/N=C/c2ccc(OCc3ccc(Br)cc3)c(Br)c2)c1. The van der Waals surface area contributed by atoms with E-state index in [0.29, 0.717) is 13.0 Å². The highest BCUT2D eigenvalue weighted by molar-refractivity contribution is 9.10. The van der Waals surface area contributed by atoms with Crippen LogP contribution in [0.4, 0.5) is 0 Å². The van der Waals surface area contributed by atoms with Gasteiger partial charge in [0.25, 0.3) is 0 Å². The van der Waals surface area contributed by atoms with Crippen molar-refractivity contribution in [3.63, 3.8) is 0 Å². The number of carbonyl (C=O) groups is 1. The highest BCUT2D eigenvalue weighted by atomic mass is 79.9. The van der Waals surface area contributed by atoms with E-state index in [-0.39, 0.29) is 5.91 Å². The largest absolute Gasteiger partial charge is 0.488 e. The van der Waals surface area contributed by atoms with Gasteiger partial charge in [-0.3, -0.25) is 4.79 Å². The van der Waals surface area contributed by atoms with Gasteiger partial charge in [-0.2, -0.15) is 5.10 Å². The molecule has 1 N–H and O–H groups in total. The van der Waals surface area contributed by atoms with E-state index in [1.165, 1.54) is 0 Å². The number of hydrogen-bond acceptors (Lipinski definition) is 3. The van der Waals surface area contributed by atoms with Gasteiger partial charge in [-0.05, 0) is 82.4 Å². The van der Waals surface area contributed by atoms with Gasteiger partial charge in [-0.1, -0.05) is 51.8 Å². The second kappa shape index (κ2) is 10.5. The maximum atomic E-state index is 12.2. The third-order valence-corrected chi connectivity index (χ3v) is 5.67. The number of hydrogen-bond donors (Lipinski definition) is 1. The zero-order chi connectivity index (χ0) is 21.5. The average molecular weight is 530 g/mol. The molecule has 4 nitrogen and oxygen atoms in total. The number of carbonyl (C=O) groups excluding carboxylic acids is 1. The lowest BCUT2D eigenvalue weighted by Crippen LogP contribution is -2.20. The number of rotatable bonds is 7. The van der Waals surface area contributed by atoms with Crippen LogP contribution in [0, 0.1) is 13.8 Å². The molecule has 0 aliphatic carbocycles. The molecule has 30 heavy (non-hydrogen) atoms. The Labute approximate surface area is 193 Å². The summed E-state index contributed by atoms with van der Waals surface area (Å²) in [6.45, 7) is 4.50. The molecule has 0 atom stereocenters. The summed E-state index contributed by atoms with van der Waals surface area (Å²) in [7, 11) is 0. The minimum Gasteiger partial charge on any atom is -0.488 e. The second-order valence-corrected chi connectivity index (χ2v) is 8.77. The fourth-order valence-corrected chi connectivity index (χ4v) is 3.61. The van der Waals surface area contributed by atoms with Crippen LogP contribution in [0.2, 0.25) is 0 Å². The Hall–Kier alpha value is -2.44. The summed E-state index contributed by atoms with van der Waals surface area (Å²) in [6.07, 6.45) is 1.92. The van der Waals surface area contributed by atoms with Gasteiger partial charge >= 0.3 is 0 Å². The number of nitrogens with zero attached hydrogens (tertiary/aromatic N) is 1. The van der Waals surface area contributed by atoms with E-state index in [1.807, 2.05) is 74.5 Å². The molecule has 0 saturated heterocycles. The summed E-state index contributed by atoms with van der Waals surface area (Å²) in [6, 6.07) is 19.8. The lowest BCUT2D eigenvalue weighted by molar-refractivity contribution is -0.120. The quantitative estimate of drug-likeness (QED) is 0.297. The fourth-order valence-electron chi connectivity index (χ4n) is 2.84. The van der Waals surface area contributed by atoms with Gasteiger partial charge in [0.05, 0.1) is 17.1 Å². The fraction of sp³-hybridized carbons (Fsp3) is 0.167. The van der Waals surface area contributed by atoms with Crippen molar-refractivity contribution in [2.75, 3.05) is 0 Å². The van der Waals surface area contributed by atoms with Gasteiger partial charge in [-0.15, -0.1) is 0 Å². The minimum atomic E-state index is -0.145. The van der Waals surface area contributed by atoms with Crippen molar-refractivity contribution in [3.05, 3.63) is 97.4 Å². The summed E-state index contributed by atoms with van der Waals surface area (Å²) >= 11 is 6.96. The van der Waals surface area contributed by atoms with Crippen LogP contribution in [0.25, 0.3) is 0 Å². The molecule has 0 saturated carbocycles. The third kappa shape index (κ3) is 6.54. The topological polar surface area (TPSA) is 50.7 Å². The van der Waals surface area contributed by atoms with E-state index in [4.69, 9.17) is 4.74 Å². The zero-order valence-corrected chi connectivity index (χ0v) is 20.0. The molecule has 3 rings (SSSR count). The van der Waals surface area contributed by atoms with E-state index < -0.39 is 0 Å². The molecule has 0 bridgehead atoms. The molecule has 0 aliphatic heterocycles. The lowest BCUT2D eigenvalue weighted by Gasteiger charge is -2.09. The Bertz CT molecular complexity index is 1060.